The highest BCUT2D eigenvalue weighted by molar-refractivity contribution is 6.31. The molecular weight excluding hydrogens is 226 g/mol. The summed E-state index contributed by atoms with van der Waals surface area (Å²) in [6, 6.07) is -2.97. The fraction of sp³-hybridized carbons (Fsp3) is 0.417. The number of aliphatic hydroxyl groups is 1. The number of rotatable bonds is 1. The zero-order chi connectivity index (χ0) is 18.8. The first kappa shape index (κ1) is 5.17. The Morgan fingerprint density at radius 1 is 1.62 bits per heavy atom. The van der Waals surface area contributed by atoms with Crippen LogP contribution in [0.25, 0.3) is 0 Å². The third-order valence-electron chi connectivity index (χ3n) is 2.34. The van der Waals surface area contributed by atoms with Crippen molar-refractivity contribution in [2.45, 2.75) is 30.8 Å². The molecule has 1 aromatic rings. The topological polar surface area (TPSA) is 63.3 Å². The van der Waals surface area contributed by atoms with Crippen molar-refractivity contribution >= 4 is 17.4 Å². The summed E-state index contributed by atoms with van der Waals surface area (Å²) in [5, 5.41) is 9.26. The zero-order valence-electron chi connectivity index (χ0n) is 16.1. The van der Waals surface area contributed by atoms with E-state index in [4.69, 9.17) is 28.3 Å². The SMILES string of the molecule is [2H]c1c([2H])c([2H])c(C2(N)C(=O)C(O)C([2H])([2H])CC2([2H])[2H])c(Cl)c1[2H]. The number of ketones is 1. The number of carbonyl (C=O) groups is 1. The molecule has 0 saturated heterocycles. The lowest BCUT2D eigenvalue weighted by molar-refractivity contribution is -0.136. The van der Waals surface area contributed by atoms with Gasteiger partial charge in [0.25, 0.3) is 0 Å². The first-order valence-corrected chi connectivity index (χ1v) is 4.85. The van der Waals surface area contributed by atoms with Gasteiger partial charge in [-0.3, -0.25) is 4.79 Å². The number of nitrogens with two attached hydrogens (primary N) is 1. The standard InChI is InChI=1S/C12H14ClNO2/c13-9-5-2-1-4-8(9)12(14)7-3-6-10(15)11(12)16/h1-2,4-5,10,15H,3,6-7,14H2/i1D,2D,4D,5D,6D2,7D2. The van der Waals surface area contributed by atoms with Gasteiger partial charge in [-0.05, 0) is 30.8 Å². The Labute approximate surface area is 110 Å². The highest BCUT2D eigenvalue weighted by Gasteiger charge is 2.43. The highest BCUT2D eigenvalue weighted by Crippen LogP contribution is 2.35. The molecule has 2 atom stereocenters. The Kier molecular flexibility index (Phi) is 1.35. The number of aliphatic hydroxyl groups excluding tert-OH is 1. The summed E-state index contributed by atoms with van der Waals surface area (Å²) < 4.78 is 62.1. The van der Waals surface area contributed by atoms with E-state index in [0.29, 0.717) is 0 Å². The van der Waals surface area contributed by atoms with E-state index in [9.17, 15) is 9.90 Å². The lowest BCUT2D eigenvalue weighted by Gasteiger charge is -2.35. The molecule has 0 amide bonds. The maximum atomic E-state index is 12.5. The van der Waals surface area contributed by atoms with Crippen molar-refractivity contribution in [2.24, 2.45) is 5.73 Å². The van der Waals surface area contributed by atoms with Gasteiger partial charge in [0.2, 0.25) is 0 Å². The molecule has 86 valence electrons. The number of benzene rings is 1. The van der Waals surface area contributed by atoms with Crippen LogP contribution in [0.4, 0.5) is 0 Å². The predicted octanol–water partition coefficient (Wildman–Crippen LogP) is 1.61. The molecule has 0 spiro atoms. The van der Waals surface area contributed by atoms with E-state index >= 15 is 0 Å². The molecule has 3 N–H and O–H groups in total. The molecule has 1 saturated carbocycles. The predicted molar refractivity (Wildman–Crippen MR) is 62.2 cm³/mol. The van der Waals surface area contributed by atoms with E-state index in [1.807, 2.05) is 0 Å². The van der Waals surface area contributed by atoms with Gasteiger partial charge in [-0.15, -0.1) is 0 Å². The van der Waals surface area contributed by atoms with Crippen molar-refractivity contribution in [3.63, 3.8) is 0 Å². The van der Waals surface area contributed by atoms with E-state index in [2.05, 4.69) is 0 Å². The van der Waals surface area contributed by atoms with Gasteiger partial charge >= 0.3 is 0 Å². The van der Waals surface area contributed by atoms with Crippen LogP contribution in [0.15, 0.2) is 24.2 Å². The quantitative estimate of drug-likeness (QED) is 0.793. The number of carbonyl (C=O) groups excluding carboxylic acids is 1. The fourth-order valence-corrected chi connectivity index (χ4v) is 1.71. The van der Waals surface area contributed by atoms with Crippen LogP contribution < -0.4 is 5.73 Å². The lowest BCUT2D eigenvalue weighted by Crippen LogP contribution is -2.52. The summed E-state index contributed by atoms with van der Waals surface area (Å²) in [4.78, 5) is 12.5. The molecule has 0 heterocycles. The Bertz CT molecular complexity index is 711. The summed E-state index contributed by atoms with van der Waals surface area (Å²) in [5.74, 6) is -1.43. The van der Waals surface area contributed by atoms with Crippen LogP contribution in [0.5, 0.6) is 0 Å². The van der Waals surface area contributed by atoms with Crippen LogP contribution in [0.3, 0.4) is 0 Å². The zero-order valence-corrected chi connectivity index (χ0v) is 8.85. The summed E-state index contributed by atoms with van der Waals surface area (Å²) in [7, 11) is 0. The monoisotopic (exact) mass is 247 g/mol. The van der Waals surface area contributed by atoms with Crippen molar-refractivity contribution in [3.8, 4) is 0 Å². The average Bonchev–Trinajstić information content (AvgIpc) is 2.47. The molecule has 4 heteroatoms. The van der Waals surface area contributed by atoms with Crippen molar-refractivity contribution in [1.82, 2.24) is 0 Å². The molecule has 0 bridgehead atoms. The molecule has 1 aliphatic rings. The second-order valence-corrected chi connectivity index (χ2v) is 3.70. The highest BCUT2D eigenvalue weighted by atomic mass is 35.5. The smallest absolute Gasteiger partial charge is 0.185 e. The number of halogens is 1. The molecule has 0 aromatic heterocycles. The van der Waals surface area contributed by atoms with Crippen LogP contribution >= 0.6 is 11.6 Å². The largest absolute Gasteiger partial charge is 0.385 e. The number of hydrogen-bond donors (Lipinski definition) is 2. The summed E-state index contributed by atoms with van der Waals surface area (Å²) in [5.41, 5.74) is 2.49. The molecule has 1 fully saturated rings. The van der Waals surface area contributed by atoms with Gasteiger partial charge in [0.1, 0.15) is 11.6 Å². The summed E-state index contributed by atoms with van der Waals surface area (Å²) in [6.07, 6.45) is -8.56. The minimum absolute atomic E-state index is 0.643. The molecule has 1 aromatic carbocycles. The van der Waals surface area contributed by atoms with Crippen molar-refractivity contribution < 1.29 is 20.9 Å². The van der Waals surface area contributed by atoms with Gasteiger partial charge in [-0.1, -0.05) is 29.7 Å². The van der Waals surface area contributed by atoms with Crippen molar-refractivity contribution in [2.75, 3.05) is 0 Å². The summed E-state index contributed by atoms with van der Waals surface area (Å²) >= 11 is 5.93. The minimum Gasteiger partial charge on any atom is -0.385 e. The molecule has 2 rings (SSSR count). The van der Waals surface area contributed by atoms with Crippen LogP contribution in [0.1, 0.15) is 35.7 Å². The molecule has 1 aliphatic carbocycles. The number of hydrogen-bond acceptors (Lipinski definition) is 3. The van der Waals surface area contributed by atoms with E-state index in [1.54, 1.807) is 0 Å². The van der Waals surface area contributed by atoms with E-state index in [0.717, 1.165) is 0 Å². The van der Waals surface area contributed by atoms with Crippen LogP contribution in [-0.4, -0.2) is 17.0 Å². The van der Waals surface area contributed by atoms with Crippen molar-refractivity contribution in [3.05, 3.63) is 34.8 Å². The van der Waals surface area contributed by atoms with Gasteiger partial charge in [-0.2, -0.15) is 0 Å². The average molecular weight is 248 g/mol. The Hall–Kier alpha value is -0.900. The molecule has 0 radical (unpaired) electrons. The second-order valence-electron chi connectivity index (χ2n) is 3.32. The maximum Gasteiger partial charge on any atom is 0.185 e. The molecular formula is C12H14ClNO2. The van der Waals surface area contributed by atoms with Crippen LogP contribution in [0.2, 0.25) is 5.02 Å². The normalized spacial score (nSPS) is 43.9. The first-order valence-electron chi connectivity index (χ1n) is 8.47. The Morgan fingerprint density at radius 3 is 3.06 bits per heavy atom. The fourth-order valence-electron chi connectivity index (χ4n) is 1.46. The molecule has 2 unspecified atom stereocenters. The molecule has 3 nitrogen and oxygen atoms in total. The van der Waals surface area contributed by atoms with Gasteiger partial charge in [-0.25, -0.2) is 0 Å². The minimum atomic E-state index is -2.76. The first-order chi connectivity index (χ1) is 10.7. The van der Waals surface area contributed by atoms with Gasteiger partial charge in [0.15, 0.2) is 5.78 Å². The van der Waals surface area contributed by atoms with E-state index < -0.39 is 71.3 Å². The van der Waals surface area contributed by atoms with Gasteiger partial charge in [0.05, 0.1) is 5.48 Å². The lowest BCUT2D eigenvalue weighted by atomic mass is 9.75. The molecule has 16 heavy (non-hydrogen) atoms. The van der Waals surface area contributed by atoms with E-state index in [1.165, 1.54) is 0 Å². The third kappa shape index (κ3) is 1.75. The maximum absolute atomic E-state index is 12.5. The second kappa shape index (κ2) is 4.17. The van der Waals surface area contributed by atoms with Crippen LogP contribution in [-0.2, 0) is 10.3 Å². The Morgan fingerprint density at radius 2 is 2.31 bits per heavy atom. The Balaban J connectivity index is 2.87. The summed E-state index contributed by atoms with van der Waals surface area (Å²) in [6.45, 7) is 0. The molecule has 0 aliphatic heterocycles. The van der Waals surface area contributed by atoms with Crippen LogP contribution in [0, 0.1) is 0 Å². The van der Waals surface area contributed by atoms with E-state index in [-0.39, 0.29) is 0 Å². The van der Waals surface area contributed by atoms with Crippen molar-refractivity contribution in [1.29, 1.82) is 0 Å². The van der Waals surface area contributed by atoms with Gasteiger partial charge in [0, 0.05) is 10.5 Å². The van der Waals surface area contributed by atoms with Gasteiger partial charge < -0.3 is 10.8 Å². The number of Topliss-reactive ketones (excluding diaryl/α,β-unsaturated/α-hetero) is 1. The third-order valence-corrected chi connectivity index (χ3v) is 2.62.